The molecule has 92 valence electrons. The predicted octanol–water partition coefficient (Wildman–Crippen LogP) is 1.41. The average Bonchev–Trinajstić information content (AvgIpc) is 2.83. The van der Waals surface area contributed by atoms with E-state index in [9.17, 15) is 8.42 Å². The van der Waals surface area contributed by atoms with Crippen molar-refractivity contribution in [2.75, 3.05) is 13.2 Å². The van der Waals surface area contributed by atoms with Gasteiger partial charge in [0.25, 0.3) is 0 Å². The highest BCUT2D eigenvalue weighted by molar-refractivity contribution is 7.86. The smallest absolute Gasteiger partial charge is 0.358 e. The van der Waals surface area contributed by atoms with Crippen LogP contribution in [0.1, 0.15) is 6.42 Å². The van der Waals surface area contributed by atoms with Gasteiger partial charge in [0.15, 0.2) is 0 Å². The van der Waals surface area contributed by atoms with Gasteiger partial charge in [0.2, 0.25) is 0 Å². The van der Waals surface area contributed by atoms with Gasteiger partial charge in [-0.3, -0.25) is 4.28 Å². The van der Waals surface area contributed by atoms with E-state index in [1.807, 2.05) is 0 Å². The lowest BCUT2D eigenvalue weighted by atomic mass is 10.1. The molecule has 5 nitrogen and oxygen atoms in total. The van der Waals surface area contributed by atoms with Gasteiger partial charge in [-0.1, -0.05) is 23.4 Å². The minimum atomic E-state index is -3.79. The Balaban J connectivity index is 1.98. The zero-order chi connectivity index (χ0) is 12.1. The van der Waals surface area contributed by atoms with E-state index in [1.165, 1.54) is 18.3 Å². The van der Waals surface area contributed by atoms with Crippen molar-refractivity contribution >= 4 is 16.3 Å². The molecule has 0 aromatic heterocycles. The number of nitrogens with zero attached hydrogens (tertiary/aromatic N) is 1. The first-order valence-electron chi connectivity index (χ1n) is 5.28. The first-order valence-corrected chi connectivity index (χ1v) is 6.69. The van der Waals surface area contributed by atoms with Gasteiger partial charge in [0.1, 0.15) is 4.90 Å². The zero-order valence-corrected chi connectivity index (χ0v) is 9.97. The van der Waals surface area contributed by atoms with Crippen LogP contribution in [0.3, 0.4) is 0 Å². The molecular formula is C11H13NO4S. The normalized spacial score (nSPS) is 20.8. The van der Waals surface area contributed by atoms with Gasteiger partial charge in [-0.15, -0.1) is 0 Å². The summed E-state index contributed by atoms with van der Waals surface area (Å²) in [7, 11) is -3.79. The van der Waals surface area contributed by atoms with Crippen molar-refractivity contribution in [1.82, 2.24) is 0 Å². The van der Waals surface area contributed by atoms with Crippen molar-refractivity contribution < 1.29 is 17.4 Å². The van der Waals surface area contributed by atoms with Crippen molar-refractivity contribution in [3.05, 3.63) is 30.3 Å². The molecule has 2 rings (SSSR count). The fourth-order valence-electron chi connectivity index (χ4n) is 1.47. The molecule has 1 saturated heterocycles. The summed E-state index contributed by atoms with van der Waals surface area (Å²) in [6.07, 6.45) is 2.33. The van der Waals surface area contributed by atoms with Crippen LogP contribution in [0.25, 0.3) is 0 Å². The SMILES string of the molecule is O=S(=O)(ON=CC1CCOC1)c1ccccc1. The van der Waals surface area contributed by atoms with E-state index in [-0.39, 0.29) is 10.8 Å². The molecule has 1 heterocycles. The highest BCUT2D eigenvalue weighted by atomic mass is 32.2. The third kappa shape index (κ3) is 3.28. The van der Waals surface area contributed by atoms with E-state index >= 15 is 0 Å². The van der Waals surface area contributed by atoms with Crippen molar-refractivity contribution in [3.8, 4) is 0 Å². The van der Waals surface area contributed by atoms with Gasteiger partial charge < -0.3 is 4.74 Å². The summed E-state index contributed by atoms with van der Waals surface area (Å²) in [5.41, 5.74) is 0. The largest absolute Gasteiger partial charge is 0.381 e. The molecule has 1 fully saturated rings. The van der Waals surface area contributed by atoms with Gasteiger partial charge in [0, 0.05) is 12.5 Å². The summed E-state index contributed by atoms with van der Waals surface area (Å²) in [5.74, 6) is 0.140. The molecule has 1 atom stereocenters. The van der Waals surface area contributed by atoms with Gasteiger partial charge in [-0.25, -0.2) is 0 Å². The summed E-state index contributed by atoms with van der Waals surface area (Å²) in [6.45, 7) is 1.25. The molecule has 1 aromatic carbocycles. The van der Waals surface area contributed by atoms with E-state index < -0.39 is 10.1 Å². The molecule has 0 spiro atoms. The Morgan fingerprint density at radius 2 is 2.12 bits per heavy atom. The first kappa shape index (κ1) is 12.1. The molecule has 1 aromatic rings. The lowest BCUT2D eigenvalue weighted by Crippen LogP contribution is -2.05. The monoisotopic (exact) mass is 255 g/mol. The quantitative estimate of drug-likeness (QED) is 0.603. The fourth-order valence-corrected chi connectivity index (χ4v) is 2.21. The Morgan fingerprint density at radius 1 is 1.35 bits per heavy atom. The second-order valence-corrected chi connectivity index (χ2v) is 5.25. The number of ether oxygens (including phenoxy) is 1. The molecule has 1 unspecified atom stereocenters. The van der Waals surface area contributed by atoms with Crippen LogP contribution in [0.2, 0.25) is 0 Å². The molecule has 0 aliphatic carbocycles. The third-order valence-electron chi connectivity index (χ3n) is 2.41. The maximum Gasteiger partial charge on any atom is 0.358 e. The van der Waals surface area contributed by atoms with Crippen LogP contribution in [-0.4, -0.2) is 27.8 Å². The summed E-state index contributed by atoms with van der Waals surface area (Å²) in [5, 5.41) is 3.51. The van der Waals surface area contributed by atoms with Crippen molar-refractivity contribution in [2.24, 2.45) is 11.1 Å². The molecule has 0 saturated carbocycles. The zero-order valence-electron chi connectivity index (χ0n) is 9.15. The molecule has 1 aliphatic rings. The Bertz CT molecular complexity index is 477. The van der Waals surface area contributed by atoms with Crippen molar-refractivity contribution in [1.29, 1.82) is 0 Å². The second kappa shape index (κ2) is 5.29. The highest BCUT2D eigenvalue weighted by Gasteiger charge is 2.16. The Morgan fingerprint density at radius 3 is 2.76 bits per heavy atom. The highest BCUT2D eigenvalue weighted by Crippen LogP contribution is 2.13. The number of hydrogen-bond acceptors (Lipinski definition) is 5. The summed E-state index contributed by atoms with van der Waals surface area (Å²) in [6, 6.07) is 7.92. The van der Waals surface area contributed by atoms with Crippen LogP contribution >= 0.6 is 0 Å². The maximum atomic E-state index is 11.6. The molecule has 0 N–H and O–H groups in total. The Hall–Kier alpha value is -1.40. The van der Waals surface area contributed by atoms with Crippen LogP contribution in [0, 0.1) is 5.92 Å². The van der Waals surface area contributed by atoms with E-state index in [2.05, 4.69) is 9.44 Å². The van der Waals surface area contributed by atoms with Crippen LogP contribution in [0.5, 0.6) is 0 Å². The lowest BCUT2D eigenvalue weighted by Gasteiger charge is -2.01. The summed E-state index contributed by atoms with van der Waals surface area (Å²) < 4.78 is 33.0. The minimum Gasteiger partial charge on any atom is -0.381 e. The average molecular weight is 255 g/mol. The van der Waals surface area contributed by atoms with Crippen LogP contribution in [0.4, 0.5) is 0 Å². The summed E-state index contributed by atoms with van der Waals surface area (Å²) in [4.78, 5) is 0.0971. The number of hydrogen-bond donors (Lipinski definition) is 0. The lowest BCUT2D eigenvalue weighted by molar-refractivity contribution is 0.193. The summed E-state index contributed by atoms with van der Waals surface area (Å²) >= 11 is 0. The maximum absolute atomic E-state index is 11.6. The molecule has 1 aliphatic heterocycles. The number of oxime groups is 1. The van der Waals surface area contributed by atoms with E-state index in [0.717, 1.165) is 6.42 Å². The van der Waals surface area contributed by atoms with Gasteiger partial charge >= 0.3 is 10.1 Å². The Labute approximate surface area is 100 Å². The van der Waals surface area contributed by atoms with Gasteiger partial charge in [-0.2, -0.15) is 8.42 Å². The third-order valence-corrected chi connectivity index (χ3v) is 3.54. The van der Waals surface area contributed by atoms with Gasteiger partial charge in [0.05, 0.1) is 12.8 Å². The number of rotatable bonds is 4. The molecule has 6 heteroatoms. The van der Waals surface area contributed by atoms with E-state index in [0.29, 0.717) is 13.2 Å². The number of benzene rings is 1. The van der Waals surface area contributed by atoms with Crippen LogP contribution in [0.15, 0.2) is 40.4 Å². The second-order valence-electron chi connectivity index (χ2n) is 3.72. The minimum absolute atomic E-state index is 0.0971. The first-order chi connectivity index (χ1) is 8.18. The molecule has 0 amide bonds. The van der Waals surface area contributed by atoms with E-state index in [4.69, 9.17) is 4.74 Å². The Kier molecular flexibility index (Phi) is 3.75. The standard InChI is InChI=1S/C11H13NO4S/c13-17(14,11-4-2-1-3-5-11)16-12-8-10-6-7-15-9-10/h1-5,8,10H,6-7,9H2. The van der Waals surface area contributed by atoms with E-state index in [1.54, 1.807) is 18.2 Å². The van der Waals surface area contributed by atoms with Crippen LogP contribution < -0.4 is 0 Å². The molecule has 17 heavy (non-hydrogen) atoms. The van der Waals surface area contributed by atoms with Crippen molar-refractivity contribution in [2.45, 2.75) is 11.3 Å². The fraction of sp³-hybridized carbons (Fsp3) is 0.364. The molecule has 0 bridgehead atoms. The topological polar surface area (TPSA) is 65.0 Å². The molecule has 0 radical (unpaired) electrons. The van der Waals surface area contributed by atoms with Crippen LogP contribution in [-0.2, 0) is 19.1 Å². The predicted molar refractivity (Wildman–Crippen MR) is 62.1 cm³/mol. The van der Waals surface area contributed by atoms with Gasteiger partial charge in [-0.05, 0) is 18.6 Å². The molecular weight excluding hydrogens is 242 g/mol. The van der Waals surface area contributed by atoms with Crippen molar-refractivity contribution in [3.63, 3.8) is 0 Å².